The molecule has 0 aromatic heterocycles. The summed E-state index contributed by atoms with van der Waals surface area (Å²) in [6.07, 6.45) is 3.91. The number of halogens is 2. The van der Waals surface area contributed by atoms with Crippen LogP contribution in [-0.4, -0.2) is 40.6 Å². The van der Waals surface area contributed by atoms with Gasteiger partial charge in [0.15, 0.2) is 0 Å². The highest BCUT2D eigenvalue weighted by molar-refractivity contribution is 6.30. The molecule has 1 amide bonds. The molecule has 4 atom stereocenters. The first-order chi connectivity index (χ1) is 16.5. The van der Waals surface area contributed by atoms with Crippen molar-refractivity contribution >= 4 is 29.1 Å². The number of hydrogen-bond acceptors (Lipinski definition) is 3. The zero-order valence-corrected chi connectivity index (χ0v) is 22.7. The second-order valence-corrected chi connectivity index (χ2v) is 11.5. The van der Waals surface area contributed by atoms with Crippen LogP contribution in [0.2, 0.25) is 10.0 Å². The van der Waals surface area contributed by atoms with Crippen LogP contribution in [0.3, 0.4) is 0 Å². The molecule has 1 aliphatic heterocycles. The molecule has 3 rings (SSSR count). The fourth-order valence-electron chi connectivity index (χ4n) is 5.27. The minimum absolute atomic E-state index is 0.0425. The van der Waals surface area contributed by atoms with Crippen molar-refractivity contribution in [1.29, 1.82) is 0 Å². The molecule has 0 radical (unpaired) electrons. The van der Waals surface area contributed by atoms with Gasteiger partial charge >= 0.3 is 0 Å². The first-order valence-electron chi connectivity index (χ1n) is 12.4. The number of likely N-dealkylation sites (tertiary alicyclic amines) is 1. The molecule has 1 heterocycles. The van der Waals surface area contributed by atoms with Crippen molar-refractivity contribution in [2.75, 3.05) is 13.1 Å². The first kappa shape index (κ1) is 27.7. The first-order valence-corrected chi connectivity index (χ1v) is 13.1. The van der Waals surface area contributed by atoms with Gasteiger partial charge in [-0.3, -0.25) is 4.79 Å². The monoisotopic (exact) mass is 516 g/mol. The Morgan fingerprint density at radius 1 is 1.20 bits per heavy atom. The number of hydrogen-bond donors (Lipinski definition) is 2. The summed E-state index contributed by atoms with van der Waals surface area (Å²) >= 11 is 12.7. The summed E-state index contributed by atoms with van der Waals surface area (Å²) in [7, 11) is 0. The van der Waals surface area contributed by atoms with Crippen molar-refractivity contribution in [3.05, 3.63) is 82.4 Å². The summed E-state index contributed by atoms with van der Waals surface area (Å²) < 4.78 is 0. The van der Waals surface area contributed by atoms with Crippen molar-refractivity contribution in [1.82, 2.24) is 10.2 Å². The van der Waals surface area contributed by atoms with Gasteiger partial charge in [0.05, 0.1) is 17.1 Å². The van der Waals surface area contributed by atoms with Crippen LogP contribution >= 0.6 is 23.2 Å². The Labute approximate surface area is 220 Å². The lowest BCUT2D eigenvalue weighted by atomic mass is 9.67. The fraction of sp³-hybridized carbons (Fsp3) is 0.483. The van der Waals surface area contributed by atoms with Gasteiger partial charge in [0.25, 0.3) is 0 Å². The molecular formula is C29H38Cl2N2O2. The molecule has 0 aliphatic carbocycles. The summed E-state index contributed by atoms with van der Waals surface area (Å²) in [4.78, 5) is 16.3. The lowest BCUT2D eigenvalue weighted by Gasteiger charge is -2.52. The van der Waals surface area contributed by atoms with Crippen molar-refractivity contribution < 1.29 is 9.90 Å². The van der Waals surface area contributed by atoms with E-state index in [1.807, 2.05) is 48.5 Å². The third kappa shape index (κ3) is 6.68. The molecule has 35 heavy (non-hydrogen) atoms. The largest absolute Gasteiger partial charge is 0.389 e. The van der Waals surface area contributed by atoms with Crippen molar-refractivity contribution in [3.63, 3.8) is 0 Å². The van der Waals surface area contributed by atoms with E-state index in [0.29, 0.717) is 36.0 Å². The third-order valence-electron chi connectivity index (χ3n) is 6.99. The number of benzene rings is 2. The van der Waals surface area contributed by atoms with Crippen LogP contribution in [0.4, 0.5) is 0 Å². The summed E-state index contributed by atoms with van der Waals surface area (Å²) in [5.41, 5.74) is 0.751. The van der Waals surface area contributed by atoms with E-state index in [0.717, 1.165) is 17.5 Å². The quantitative estimate of drug-likeness (QED) is 0.342. The Kier molecular flexibility index (Phi) is 9.09. The third-order valence-corrected chi connectivity index (χ3v) is 7.47. The van der Waals surface area contributed by atoms with Gasteiger partial charge in [0, 0.05) is 35.1 Å². The summed E-state index contributed by atoms with van der Waals surface area (Å²) in [5.74, 6) is 0.174. The molecule has 2 aromatic carbocycles. The van der Waals surface area contributed by atoms with E-state index >= 15 is 0 Å². The number of amides is 1. The van der Waals surface area contributed by atoms with Crippen molar-refractivity contribution in [3.8, 4) is 0 Å². The van der Waals surface area contributed by atoms with Crippen LogP contribution < -0.4 is 5.32 Å². The van der Waals surface area contributed by atoms with Gasteiger partial charge in [-0.2, -0.15) is 0 Å². The highest BCUT2D eigenvalue weighted by atomic mass is 35.5. The molecule has 2 N–H and O–H groups in total. The highest BCUT2D eigenvalue weighted by Gasteiger charge is 2.50. The van der Waals surface area contributed by atoms with Gasteiger partial charge in [-0.05, 0) is 68.5 Å². The zero-order chi connectivity index (χ0) is 25.8. The Bertz CT molecular complexity index is 1020. The van der Waals surface area contributed by atoms with Gasteiger partial charge in [-0.25, -0.2) is 0 Å². The molecule has 0 bridgehead atoms. The molecule has 190 valence electrons. The smallest absolute Gasteiger partial charge is 0.229 e. The molecule has 6 heteroatoms. The average molecular weight is 518 g/mol. The average Bonchev–Trinajstić information content (AvgIpc) is 2.79. The van der Waals surface area contributed by atoms with Crippen molar-refractivity contribution in [2.45, 2.75) is 70.6 Å². The Morgan fingerprint density at radius 2 is 1.89 bits per heavy atom. The van der Waals surface area contributed by atoms with E-state index in [-0.39, 0.29) is 23.9 Å². The van der Waals surface area contributed by atoms with Gasteiger partial charge in [0.2, 0.25) is 5.91 Å². The summed E-state index contributed by atoms with van der Waals surface area (Å²) in [5, 5.41) is 15.0. The Balaban J connectivity index is 2.13. The zero-order valence-electron chi connectivity index (χ0n) is 21.2. The topological polar surface area (TPSA) is 52.6 Å². The number of piperidine rings is 1. The number of aliphatic hydroxyl groups is 1. The predicted octanol–water partition coefficient (Wildman–Crippen LogP) is 6.77. The number of rotatable bonds is 10. The number of allylic oxidation sites excluding steroid dienone is 1. The molecule has 1 unspecified atom stereocenters. The van der Waals surface area contributed by atoms with E-state index < -0.39 is 11.0 Å². The van der Waals surface area contributed by atoms with Gasteiger partial charge < -0.3 is 15.3 Å². The van der Waals surface area contributed by atoms with Crippen LogP contribution in [-0.2, 0) is 4.79 Å². The number of nitrogens with zero attached hydrogens (tertiary/aromatic N) is 1. The van der Waals surface area contributed by atoms with Crippen LogP contribution in [0.25, 0.3) is 0 Å². The molecule has 1 fully saturated rings. The van der Waals surface area contributed by atoms with E-state index in [2.05, 4.69) is 36.7 Å². The Hall–Kier alpha value is -1.85. The summed E-state index contributed by atoms with van der Waals surface area (Å²) in [6.45, 7) is 12.7. The minimum atomic E-state index is -0.833. The van der Waals surface area contributed by atoms with E-state index in [1.54, 1.807) is 13.8 Å². The second-order valence-electron chi connectivity index (χ2n) is 10.6. The molecule has 1 aliphatic rings. The molecular weight excluding hydrogens is 479 g/mol. The molecule has 4 nitrogen and oxygen atoms in total. The minimum Gasteiger partial charge on any atom is -0.389 e. The maximum Gasteiger partial charge on any atom is 0.229 e. The molecule has 0 saturated carbocycles. The molecule has 2 aromatic rings. The van der Waals surface area contributed by atoms with Crippen LogP contribution in [0, 0.1) is 5.41 Å². The van der Waals surface area contributed by atoms with E-state index in [1.165, 1.54) is 0 Å². The highest BCUT2D eigenvalue weighted by Crippen LogP contribution is 2.52. The molecule has 1 saturated heterocycles. The van der Waals surface area contributed by atoms with Gasteiger partial charge in [-0.15, -0.1) is 6.58 Å². The standard InChI is InChI=1S/C29H38Cl2N2O2/c1-6-15-29(5)17-25(21-9-8-10-23(31)16-21)26(20-11-13-22(30)14-12-20)33(27(29)34)24(7-2)18-32-19-28(3,4)35/h6,8-14,16,24-26,32,35H,1,7,15,17-19H2,2-5H3/t24?,25-,26-,29+/m1/s1. The Morgan fingerprint density at radius 3 is 2.46 bits per heavy atom. The molecule has 0 spiro atoms. The predicted molar refractivity (Wildman–Crippen MR) is 146 cm³/mol. The van der Waals surface area contributed by atoms with Crippen LogP contribution in [0.15, 0.2) is 61.2 Å². The van der Waals surface area contributed by atoms with Gasteiger partial charge in [0.1, 0.15) is 0 Å². The maximum absolute atomic E-state index is 14.2. The number of nitrogens with one attached hydrogen (secondary N) is 1. The fourth-order valence-corrected chi connectivity index (χ4v) is 5.60. The normalized spacial score (nSPS) is 23.9. The lowest BCUT2D eigenvalue weighted by Crippen LogP contribution is -2.57. The maximum atomic E-state index is 14.2. The number of carbonyl (C=O) groups is 1. The number of carbonyl (C=O) groups excluding carboxylic acids is 1. The second kappa shape index (κ2) is 11.5. The summed E-state index contributed by atoms with van der Waals surface area (Å²) in [6, 6.07) is 15.6. The van der Waals surface area contributed by atoms with Crippen molar-refractivity contribution in [2.24, 2.45) is 5.41 Å². The SMILES string of the molecule is C=CC[C@@]1(C)C[C@H](c2cccc(Cl)c2)[C@@H](c2ccc(Cl)cc2)N(C(CC)CNCC(C)(C)O)C1=O. The van der Waals surface area contributed by atoms with Crippen LogP contribution in [0.5, 0.6) is 0 Å². The van der Waals surface area contributed by atoms with Crippen LogP contribution in [0.1, 0.15) is 70.0 Å². The lowest BCUT2D eigenvalue weighted by molar-refractivity contribution is -0.154. The van der Waals surface area contributed by atoms with Gasteiger partial charge in [-0.1, -0.05) is 67.4 Å². The van der Waals surface area contributed by atoms with E-state index in [4.69, 9.17) is 23.2 Å². The van der Waals surface area contributed by atoms with E-state index in [9.17, 15) is 9.90 Å².